The lowest BCUT2D eigenvalue weighted by Crippen LogP contribution is -2.42. The Morgan fingerprint density at radius 3 is 2.83 bits per heavy atom. The summed E-state index contributed by atoms with van der Waals surface area (Å²) in [5, 5.41) is 7.19. The van der Waals surface area contributed by atoms with Gasteiger partial charge in [-0.05, 0) is 92.1 Å². The first-order chi connectivity index (χ1) is 11.7. The Morgan fingerprint density at radius 2 is 2.12 bits per heavy atom. The van der Waals surface area contributed by atoms with Gasteiger partial charge in [-0.3, -0.25) is 0 Å². The van der Waals surface area contributed by atoms with Crippen LogP contribution in [0.4, 0.5) is 5.69 Å². The summed E-state index contributed by atoms with van der Waals surface area (Å²) in [6.07, 6.45) is 8.60. The second-order valence-corrected chi connectivity index (χ2v) is 8.03. The number of rotatable bonds is 5. The minimum absolute atomic E-state index is 0.349. The van der Waals surface area contributed by atoms with E-state index in [1.807, 2.05) is 6.08 Å². The molecule has 2 fully saturated rings. The summed E-state index contributed by atoms with van der Waals surface area (Å²) >= 11 is 0. The van der Waals surface area contributed by atoms with E-state index in [0.717, 1.165) is 24.0 Å². The number of hydrogen-bond donors (Lipinski definition) is 2. The third kappa shape index (κ3) is 2.82. The fraction of sp³-hybridized carbons (Fsp3) is 0.545. The number of fused-ring (bicyclic) bond motifs is 3. The van der Waals surface area contributed by atoms with E-state index in [9.17, 15) is 0 Å². The normalized spacial score (nSPS) is 31.5. The summed E-state index contributed by atoms with van der Waals surface area (Å²) in [5.41, 5.74) is 5.61. The molecule has 1 aliphatic heterocycles. The number of nitrogens with one attached hydrogen (secondary N) is 2. The van der Waals surface area contributed by atoms with Crippen LogP contribution < -0.4 is 10.6 Å². The number of anilines is 1. The molecule has 0 spiro atoms. The summed E-state index contributed by atoms with van der Waals surface area (Å²) in [6.45, 7) is 9.39. The van der Waals surface area contributed by atoms with Crippen molar-refractivity contribution in [2.45, 2.75) is 50.0 Å². The maximum atomic E-state index is 4.28. The van der Waals surface area contributed by atoms with Gasteiger partial charge in [-0.1, -0.05) is 31.4 Å². The predicted octanol–water partition coefficient (Wildman–Crippen LogP) is 4.82. The summed E-state index contributed by atoms with van der Waals surface area (Å²) in [4.78, 5) is 0. The molecule has 3 unspecified atom stereocenters. The molecule has 1 aromatic rings. The molecular weight excluding hydrogens is 292 g/mol. The van der Waals surface area contributed by atoms with Gasteiger partial charge in [0, 0.05) is 5.69 Å². The van der Waals surface area contributed by atoms with Crippen molar-refractivity contribution in [1.29, 1.82) is 0 Å². The lowest BCUT2D eigenvalue weighted by Gasteiger charge is -2.46. The van der Waals surface area contributed by atoms with Crippen LogP contribution in [0.15, 0.2) is 43.0 Å². The molecule has 1 aromatic carbocycles. The Bertz CT molecular complexity index is 643. The van der Waals surface area contributed by atoms with Gasteiger partial charge in [0.25, 0.3) is 0 Å². The summed E-state index contributed by atoms with van der Waals surface area (Å²) < 4.78 is 0. The highest BCUT2D eigenvalue weighted by molar-refractivity contribution is 5.60. The number of hydrogen-bond acceptors (Lipinski definition) is 2. The van der Waals surface area contributed by atoms with Gasteiger partial charge < -0.3 is 10.6 Å². The Hall–Kier alpha value is -1.54. The molecule has 24 heavy (non-hydrogen) atoms. The molecule has 2 aliphatic carbocycles. The van der Waals surface area contributed by atoms with E-state index < -0.39 is 0 Å². The van der Waals surface area contributed by atoms with Crippen LogP contribution in [0, 0.1) is 11.8 Å². The zero-order valence-electron chi connectivity index (χ0n) is 14.9. The van der Waals surface area contributed by atoms with Crippen LogP contribution >= 0.6 is 0 Å². The van der Waals surface area contributed by atoms with Crippen molar-refractivity contribution in [1.82, 2.24) is 5.32 Å². The first-order valence-corrected chi connectivity index (χ1v) is 9.57. The third-order valence-electron chi connectivity index (χ3n) is 6.43. The van der Waals surface area contributed by atoms with Crippen LogP contribution in [0.1, 0.15) is 55.1 Å². The first-order valence-electron chi connectivity index (χ1n) is 9.57. The lowest BCUT2D eigenvalue weighted by molar-refractivity contribution is 0.217. The van der Waals surface area contributed by atoms with Crippen molar-refractivity contribution in [3.63, 3.8) is 0 Å². The standard InChI is InChI=1S/C22H30N2/c1-4-14(2)22-18-9-5-15(13-23-3)11-19(18)20-12-17(16-6-7-16)8-10-21(20)24-22/h4,8,10,12,15-16,18-19,22-24H,1-2,5-7,9,11,13H2,3H3/t15?,18?,19?,22-/m0/s1. The van der Waals surface area contributed by atoms with E-state index in [-0.39, 0.29) is 0 Å². The minimum atomic E-state index is 0.349. The van der Waals surface area contributed by atoms with Crippen LogP contribution in [0.2, 0.25) is 0 Å². The van der Waals surface area contributed by atoms with Gasteiger partial charge in [0.1, 0.15) is 0 Å². The predicted molar refractivity (Wildman–Crippen MR) is 103 cm³/mol. The van der Waals surface area contributed by atoms with Crippen LogP contribution in [0.25, 0.3) is 0 Å². The van der Waals surface area contributed by atoms with Crippen LogP contribution in [0.5, 0.6) is 0 Å². The molecular formula is C22H30N2. The van der Waals surface area contributed by atoms with E-state index >= 15 is 0 Å². The quantitative estimate of drug-likeness (QED) is 0.760. The van der Waals surface area contributed by atoms with Crippen molar-refractivity contribution in [2.75, 3.05) is 18.9 Å². The summed E-state index contributed by atoms with van der Waals surface area (Å²) in [5.74, 6) is 2.94. The third-order valence-corrected chi connectivity index (χ3v) is 6.43. The molecule has 3 aliphatic rings. The van der Waals surface area contributed by atoms with Gasteiger partial charge in [0.05, 0.1) is 6.04 Å². The highest BCUT2D eigenvalue weighted by atomic mass is 15.0. The van der Waals surface area contributed by atoms with Crippen LogP contribution in [0.3, 0.4) is 0 Å². The smallest absolute Gasteiger partial charge is 0.0541 e. The van der Waals surface area contributed by atoms with E-state index in [0.29, 0.717) is 17.9 Å². The van der Waals surface area contributed by atoms with E-state index in [2.05, 4.69) is 49.0 Å². The second kappa shape index (κ2) is 6.40. The molecule has 0 bridgehead atoms. The number of benzene rings is 1. The molecule has 0 radical (unpaired) electrons. The zero-order chi connectivity index (χ0) is 16.7. The van der Waals surface area contributed by atoms with E-state index in [1.165, 1.54) is 37.8 Å². The SMILES string of the molecule is C=CC(=C)[C@@H]1Nc2ccc(C3CC3)cc2C2CC(CNC)CCC21. The lowest BCUT2D eigenvalue weighted by atomic mass is 9.65. The Labute approximate surface area is 146 Å². The molecule has 0 saturated heterocycles. The molecule has 4 rings (SSSR count). The fourth-order valence-electron chi connectivity index (χ4n) is 4.97. The van der Waals surface area contributed by atoms with Gasteiger partial charge in [-0.15, -0.1) is 0 Å². The van der Waals surface area contributed by atoms with Crippen molar-refractivity contribution < 1.29 is 0 Å². The molecule has 0 aromatic heterocycles. The van der Waals surface area contributed by atoms with Crippen molar-refractivity contribution in [3.05, 3.63) is 54.1 Å². The van der Waals surface area contributed by atoms with E-state index in [4.69, 9.17) is 0 Å². The van der Waals surface area contributed by atoms with E-state index in [1.54, 1.807) is 11.1 Å². The largest absolute Gasteiger partial charge is 0.378 e. The Balaban J connectivity index is 1.69. The maximum absolute atomic E-state index is 4.28. The van der Waals surface area contributed by atoms with Gasteiger partial charge in [0.2, 0.25) is 0 Å². The molecule has 0 amide bonds. The summed E-state index contributed by atoms with van der Waals surface area (Å²) in [6, 6.07) is 7.53. The molecule has 2 heteroatoms. The highest BCUT2D eigenvalue weighted by Gasteiger charge is 2.41. The minimum Gasteiger partial charge on any atom is -0.378 e. The molecule has 2 saturated carbocycles. The topological polar surface area (TPSA) is 24.1 Å². The average molecular weight is 322 g/mol. The van der Waals surface area contributed by atoms with Gasteiger partial charge in [0.15, 0.2) is 0 Å². The van der Waals surface area contributed by atoms with Crippen molar-refractivity contribution in [2.24, 2.45) is 11.8 Å². The maximum Gasteiger partial charge on any atom is 0.0541 e. The molecule has 4 atom stereocenters. The van der Waals surface area contributed by atoms with Gasteiger partial charge in [-0.25, -0.2) is 0 Å². The molecule has 1 heterocycles. The van der Waals surface area contributed by atoms with Crippen LogP contribution in [-0.4, -0.2) is 19.6 Å². The molecule has 128 valence electrons. The average Bonchev–Trinajstić information content (AvgIpc) is 3.45. The van der Waals surface area contributed by atoms with Gasteiger partial charge >= 0.3 is 0 Å². The first kappa shape index (κ1) is 16.0. The Kier molecular flexibility index (Phi) is 4.26. The zero-order valence-corrected chi connectivity index (χ0v) is 14.9. The molecule has 2 nitrogen and oxygen atoms in total. The Morgan fingerprint density at radius 1 is 1.29 bits per heavy atom. The van der Waals surface area contributed by atoms with Crippen molar-refractivity contribution in [3.8, 4) is 0 Å². The van der Waals surface area contributed by atoms with Gasteiger partial charge in [-0.2, -0.15) is 0 Å². The van der Waals surface area contributed by atoms with Crippen molar-refractivity contribution >= 4 is 5.69 Å². The monoisotopic (exact) mass is 322 g/mol. The molecule has 2 N–H and O–H groups in total. The summed E-state index contributed by atoms with van der Waals surface area (Å²) in [7, 11) is 2.08. The van der Waals surface area contributed by atoms with Crippen LogP contribution in [-0.2, 0) is 0 Å². The second-order valence-electron chi connectivity index (χ2n) is 8.03. The fourth-order valence-corrected chi connectivity index (χ4v) is 4.97. The highest BCUT2D eigenvalue weighted by Crippen LogP contribution is 2.51.